The smallest absolute Gasteiger partial charge is 0.201 e. The summed E-state index contributed by atoms with van der Waals surface area (Å²) >= 11 is 0. The van der Waals surface area contributed by atoms with Gasteiger partial charge in [-0.1, -0.05) is 13.0 Å². The van der Waals surface area contributed by atoms with Crippen molar-refractivity contribution in [2.75, 3.05) is 5.73 Å². The topological polar surface area (TPSA) is 43.8 Å². The van der Waals surface area contributed by atoms with Crippen LogP contribution in [0.2, 0.25) is 0 Å². The zero-order chi connectivity index (χ0) is 10.6. The molecule has 1 aliphatic carbocycles. The van der Waals surface area contributed by atoms with Crippen molar-refractivity contribution in [2.24, 2.45) is 5.92 Å². The van der Waals surface area contributed by atoms with Gasteiger partial charge >= 0.3 is 0 Å². The van der Waals surface area contributed by atoms with Crippen molar-refractivity contribution in [1.29, 1.82) is 0 Å². The van der Waals surface area contributed by atoms with Gasteiger partial charge in [0.1, 0.15) is 0 Å². The Kier molecular flexibility index (Phi) is 1.61. The molecule has 1 fully saturated rings. The Bertz CT molecular complexity index is 527. The molecule has 0 amide bonds. The first kappa shape index (κ1) is 8.77. The van der Waals surface area contributed by atoms with Gasteiger partial charge in [-0.15, -0.1) is 0 Å². The molecule has 2 atom stereocenters. The average molecular weight is 201 g/mol. The number of imidazole rings is 1. The number of aryl methyl sites for hydroxylation is 1. The van der Waals surface area contributed by atoms with Crippen LogP contribution < -0.4 is 5.73 Å². The highest BCUT2D eigenvalue weighted by molar-refractivity contribution is 5.79. The fourth-order valence-corrected chi connectivity index (χ4v) is 2.23. The van der Waals surface area contributed by atoms with E-state index in [0.29, 0.717) is 12.0 Å². The van der Waals surface area contributed by atoms with Gasteiger partial charge < -0.3 is 10.3 Å². The molecule has 1 aromatic heterocycles. The van der Waals surface area contributed by atoms with E-state index in [1.165, 1.54) is 17.5 Å². The van der Waals surface area contributed by atoms with Crippen LogP contribution in [0.5, 0.6) is 0 Å². The average Bonchev–Trinajstić information content (AvgIpc) is 2.78. The molecule has 0 aliphatic heterocycles. The predicted molar refractivity (Wildman–Crippen MR) is 61.7 cm³/mol. The third-order valence-electron chi connectivity index (χ3n) is 3.27. The minimum absolute atomic E-state index is 0.566. The van der Waals surface area contributed by atoms with Crippen LogP contribution in [-0.4, -0.2) is 9.55 Å². The van der Waals surface area contributed by atoms with Crippen LogP contribution in [0.1, 0.15) is 24.9 Å². The summed E-state index contributed by atoms with van der Waals surface area (Å²) in [6, 6.07) is 6.86. The summed E-state index contributed by atoms with van der Waals surface area (Å²) < 4.78 is 2.19. The number of anilines is 1. The third-order valence-corrected chi connectivity index (χ3v) is 3.27. The Morgan fingerprint density at radius 1 is 1.47 bits per heavy atom. The molecule has 3 rings (SSSR count). The zero-order valence-corrected chi connectivity index (χ0v) is 9.07. The second-order valence-corrected chi connectivity index (χ2v) is 4.61. The molecule has 1 heterocycles. The van der Waals surface area contributed by atoms with Gasteiger partial charge in [0.25, 0.3) is 0 Å². The Morgan fingerprint density at radius 2 is 2.20 bits per heavy atom. The highest BCUT2D eigenvalue weighted by Crippen LogP contribution is 2.45. The van der Waals surface area contributed by atoms with Crippen molar-refractivity contribution in [3.8, 4) is 0 Å². The van der Waals surface area contributed by atoms with Crippen molar-refractivity contribution >= 4 is 17.0 Å². The van der Waals surface area contributed by atoms with E-state index in [-0.39, 0.29) is 0 Å². The van der Waals surface area contributed by atoms with Gasteiger partial charge in [-0.05, 0) is 37.0 Å². The monoisotopic (exact) mass is 201 g/mol. The number of aromatic nitrogens is 2. The molecule has 1 aliphatic rings. The van der Waals surface area contributed by atoms with Gasteiger partial charge in [0.15, 0.2) is 0 Å². The minimum atomic E-state index is 0.566. The predicted octanol–water partition coefficient (Wildman–Crippen LogP) is 2.51. The number of hydrogen-bond acceptors (Lipinski definition) is 2. The Hall–Kier alpha value is -1.51. The van der Waals surface area contributed by atoms with Gasteiger partial charge in [-0.3, -0.25) is 0 Å². The summed E-state index contributed by atoms with van der Waals surface area (Å²) in [6.45, 7) is 4.36. The molecule has 0 saturated heterocycles. The lowest BCUT2D eigenvalue weighted by Gasteiger charge is -2.04. The number of benzene rings is 1. The van der Waals surface area contributed by atoms with Crippen LogP contribution in [0.4, 0.5) is 5.95 Å². The molecule has 0 radical (unpaired) electrons. The molecule has 2 N–H and O–H groups in total. The van der Waals surface area contributed by atoms with Gasteiger partial charge in [0.05, 0.1) is 11.0 Å². The first-order valence-corrected chi connectivity index (χ1v) is 5.41. The van der Waals surface area contributed by atoms with Crippen LogP contribution in [0, 0.1) is 12.8 Å². The molecule has 0 spiro atoms. The Labute approximate surface area is 88.9 Å². The highest BCUT2D eigenvalue weighted by atomic mass is 15.2. The first-order chi connectivity index (χ1) is 7.16. The molecule has 2 unspecified atom stereocenters. The molecular formula is C12H15N3. The summed E-state index contributed by atoms with van der Waals surface area (Å²) in [5.74, 6) is 1.40. The number of nitrogen functional groups attached to an aromatic ring is 1. The second kappa shape index (κ2) is 2.75. The molecule has 15 heavy (non-hydrogen) atoms. The van der Waals surface area contributed by atoms with E-state index < -0.39 is 0 Å². The highest BCUT2D eigenvalue weighted by Gasteiger charge is 2.36. The van der Waals surface area contributed by atoms with Crippen molar-refractivity contribution in [2.45, 2.75) is 26.3 Å². The minimum Gasteiger partial charge on any atom is -0.369 e. The van der Waals surface area contributed by atoms with Crippen molar-refractivity contribution < 1.29 is 0 Å². The van der Waals surface area contributed by atoms with Gasteiger partial charge in [-0.25, -0.2) is 4.98 Å². The largest absolute Gasteiger partial charge is 0.369 e. The van der Waals surface area contributed by atoms with Crippen LogP contribution in [-0.2, 0) is 0 Å². The van der Waals surface area contributed by atoms with Crippen molar-refractivity contribution in [1.82, 2.24) is 9.55 Å². The molecular weight excluding hydrogens is 186 g/mol. The van der Waals surface area contributed by atoms with Gasteiger partial charge in [-0.2, -0.15) is 0 Å². The van der Waals surface area contributed by atoms with E-state index >= 15 is 0 Å². The Morgan fingerprint density at radius 3 is 2.87 bits per heavy atom. The quantitative estimate of drug-likeness (QED) is 0.770. The number of rotatable bonds is 1. The van der Waals surface area contributed by atoms with E-state index in [1.54, 1.807) is 0 Å². The standard InChI is InChI=1S/C12H15N3/c1-7-3-4-9-11(5-7)15(12(13)14-9)10-6-8(10)2/h3-5,8,10H,6H2,1-2H3,(H2,13,14). The van der Waals surface area contributed by atoms with Crippen molar-refractivity contribution in [3.63, 3.8) is 0 Å². The molecule has 1 aromatic carbocycles. The van der Waals surface area contributed by atoms with Crippen molar-refractivity contribution in [3.05, 3.63) is 23.8 Å². The third kappa shape index (κ3) is 1.23. The number of hydrogen-bond donors (Lipinski definition) is 1. The van der Waals surface area contributed by atoms with Crippen LogP contribution in [0.3, 0.4) is 0 Å². The molecule has 78 valence electrons. The summed E-state index contributed by atoms with van der Waals surface area (Å²) in [4.78, 5) is 4.39. The molecule has 3 nitrogen and oxygen atoms in total. The second-order valence-electron chi connectivity index (χ2n) is 4.61. The van der Waals surface area contributed by atoms with E-state index in [2.05, 4.69) is 35.5 Å². The lowest BCUT2D eigenvalue weighted by atomic mass is 10.2. The maximum Gasteiger partial charge on any atom is 0.201 e. The normalized spacial score (nSPS) is 24.7. The number of nitrogens with zero attached hydrogens (tertiary/aromatic N) is 2. The fraction of sp³-hybridized carbons (Fsp3) is 0.417. The van der Waals surface area contributed by atoms with Crippen LogP contribution in [0.15, 0.2) is 18.2 Å². The molecule has 3 heteroatoms. The van der Waals surface area contributed by atoms with Gasteiger partial charge in [0.2, 0.25) is 5.95 Å². The summed E-state index contributed by atoms with van der Waals surface area (Å²) in [5.41, 5.74) is 9.41. The number of nitrogens with two attached hydrogens (primary N) is 1. The lowest BCUT2D eigenvalue weighted by molar-refractivity contribution is 0.714. The molecule has 0 bridgehead atoms. The maximum absolute atomic E-state index is 5.96. The van der Waals surface area contributed by atoms with Gasteiger partial charge in [0, 0.05) is 6.04 Å². The van der Waals surface area contributed by atoms with E-state index in [0.717, 1.165) is 11.4 Å². The van der Waals surface area contributed by atoms with Crippen LogP contribution in [0.25, 0.3) is 11.0 Å². The zero-order valence-electron chi connectivity index (χ0n) is 9.07. The molecule has 2 aromatic rings. The van der Waals surface area contributed by atoms with E-state index in [9.17, 15) is 0 Å². The summed E-state index contributed by atoms with van der Waals surface area (Å²) in [6.07, 6.45) is 1.23. The number of fused-ring (bicyclic) bond motifs is 1. The first-order valence-electron chi connectivity index (χ1n) is 5.41. The van der Waals surface area contributed by atoms with Crippen LogP contribution >= 0.6 is 0 Å². The van der Waals surface area contributed by atoms with E-state index in [4.69, 9.17) is 5.73 Å². The summed E-state index contributed by atoms with van der Waals surface area (Å²) in [7, 11) is 0. The van der Waals surface area contributed by atoms with E-state index in [1.807, 2.05) is 6.07 Å². The lowest BCUT2D eigenvalue weighted by Crippen LogP contribution is -2.01. The molecule has 1 saturated carbocycles. The maximum atomic E-state index is 5.96. The Balaban J connectivity index is 2.26. The fourth-order valence-electron chi connectivity index (χ4n) is 2.23. The SMILES string of the molecule is Cc1ccc2nc(N)n(C3CC3C)c2c1. The summed E-state index contributed by atoms with van der Waals surface area (Å²) in [5, 5.41) is 0.